The molecule has 0 bridgehead atoms. The number of carboxylic acid groups (broad SMARTS) is 1. The molecule has 0 aliphatic heterocycles. The molecule has 3 aromatic rings. The molecule has 35 heavy (non-hydrogen) atoms. The zero-order chi connectivity index (χ0) is 25.2. The Hall–Kier alpha value is -3.91. The van der Waals surface area contributed by atoms with Crippen molar-refractivity contribution in [2.75, 3.05) is 5.32 Å². The van der Waals surface area contributed by atoms with Gasteiger partial charge in [-0.3, -0.25) is 4.79 Å². The van der Waals surface area contributed by atoms with Gasteiger partial charge in [0.15, 0.2) is 0 Å². The van der Waals surface area contributed by atoms with Gasteiger partial charge >= 0.3 is 12.1 Å². The molecule has 0 aliphatic rings. The highest BCUT2D eigenvalue weighted by Gasteiger charge is 2.21. The monoisotopic (exact) mass is 498 g/mol. The largest absolute Gasteiger partial charge is 0.480 e. The summed E-state index contributed by atoms with van der Waals surface area (Å²) in [7, 11) is 0. The highest BCUT2D eigenvalue weighted by Crippen LogP contribution is 2.17. The van der Waals surface area contributed by atoms with Gasteiger partial charge < -0.3 is 20.5 Å². The fourth-order valence-electron chi connectivity index (χ4n) is 3.27. The molecule has 9 heteroatoms. The number of anilines is 1. The molecule has 182 valence electrons. The Morgan fingerprint density at radius 3 is 2.26 bits per heavy atom. The topological polar surface area (TPSA) is 105 Å². The van der Waals surface area contributed by atoms with E-state index >= 15 is 0 Å². The van der Waals surface area contributed by atoms with Crippen LogP contribution in [0.2, 0.25) is 5.02 Å². The molecule has 1 atom stereocenters. The Morgan fingerprint density at radius 2 is 1.60 bits per heavy atom. The number of ether oxygens (including phenoxy) is 1. The van der Waals surface area contributed by atoms with E-state index in [9.17, 15) is 23.9 Å². The molecular formula is C26H24ClFN2O5. The molecule has 0 aliphatic carbocycles. The number of benzene rings is 3. The van der Waals surface area contributed by atoms with Crippen molar-refractivity contribution in [2.45, 2.75) is 31.9 Å². The smallest absolute Gasteiger partial charge is 0.408 e. The van der Waals surface area contributed by atoms with Crippen LogP contribution in [-0.4, -0.2) is 29.1 Å². The molecule has 0 aromatic heterocycles. The lowest BCUT2D eigenvalue weighted by molar-refractivity contribution is -0.139. The third-order valence-corrected chi connectivity index (χ3v) is 5.50. The van der Waals surface area contributed by atoms with Crippen LogP contribution in [0.25, 0.3) is 0 Å². The van der Waals surface area contributed by atoms with Gasteiger partial charge in [-0.15, -0.1) is 0 Å². The number of carbonyl (C=O) groups excluding carboxylic acids is 2. The summed E-state index contributed by atoms with van der Waals surface area (Å²) in [6.07, 6.45) is -0.216. The summed E-state index contributed by atoms with van der Waals surface area (Å²) in [6, 6.07) is 18.3. The maximum atomic E-state index is 13.0. The first kappa shape index (κ1) is 25.7. The summed E-state index contributed by atoms with van der Waals surface area (Å²) in [5, 5.41) is 15.0. The molecule has 0 saturated carbocycles. The van der Waals surface area contributed by atoms with Crippen LogP contribution in [0, 0.1) is 5.82 Å². The van der Waals surface area contributed by atoms with E-state index in [-0.39, 0.29) is 31.2 Å². The standard InChI is InChI=1S/C26H24ClFN2O5/c27-22-4-2-1-3-19(22)9-14-23(25(32)33)30-26(34)35-16-18-7-12-21(13-8-18)29-24(31)15-17-5-10-20(28)11-6-17/h1-8,10-13,23H,9,14-16H2,(H,29,31)(H,30,34)(H,32,33)/t23-/m0/s1. The minimum Gasteiger partial charge on any atom is -0.480 e. The maximum absolute atomic E-state index is 13.0. The number of nitrogens with one attached hydrogen (secondary N) is 2. The molecule has 3 rings (SSSR count). The fraction of sp³-hybridized carbons (Fsp3) is 0.192. The zero-order valence-corrected chi connectivity index (χ0v) is 19.4. The third kappa shape index (κ3) is 8.42. The average molecular weight is 499 g/mol. The van der Waals surface area contributed by atoms with Crippen molar-refractivity contribution in [1.29, 1.82) is 0 Å². The van der Waals surface area contributed by atoms with Gasteiger partial charge in [0.05, 0.1) is 6.42 Å². The lowest BCUT2D eigenvalue weighted by atomic mass is 10.1. The van der Waals surface area contributed by atoms with Crippen molar-refractivity contribution in [3.8, 4) is 0 Å². The van der Waals surface area contributed by atoms with Crippen molar-refractivity contribution < 1.29 is 28.6 Å². The average Bonchev–Trinajstić information content (AvgIpc) is 2.83. The minimum absolute atomic E-state index is 0.0769. The lowest BCUT2D eigenvalue weighted by Crippen LogP contribution is -2.41. The molecule has 7 nitrogen and oxygen atoms in total. The normalized spacial score (nSPS) is 11.4. The molecular weight excluding hydrogens is 475 g/mol. The van der Waals surface area contributed by atoms with Crippen LogP contribution in [0.3, 0.4) is 0 Å². The van der Waals surface area contributed by atoms with E-state index in [1.54, 1.807) is 60.7 Å². The van der Waals surface area contributed by atoms with Crippen molar-refractivity contribution in [1.82, 2.24) is 5.32 Å². The Morgan fingerprint density at radius 1 is 0.943 bits per heavy atom. The molecule has 3 aromatic carbocycles. The van der Waals surface area contributed by atoms with E-state index in [0.29, 0.717) is 28.3 Å². The number of aliphatic carboxylic acids is 1. The van der Waals surface area contributed by atoms with Crippen molar-refractivity contribution in [2.24, 2.45) is 0 Å². The summed E-state index contributed by atoms with van der Waals surface area (Å²) >= 11 is 6.10. The molecule has 0 saturated heterocycles. The van der Waals surface area contributed by atoms with Crippen molar-refractivity contribution in [3.05, 3.63) is 100 Å². The van der Waals surface area contributed by atoms with Crippen LogP contribution in [0.5, 0.6) is 0 Å². The second-order valence-corrected chi connectivity index (χ2v) is 8.20. The number of hydrogen-bond acceptors (Lipinski definition) is 4. The van der Waals surface area contributed by atoms with Gasteiger partial charge in [0.2, 0.25) is 5.91 Å². The Labute approximate surface area is 206 Å². The fourth-order valence-corrected chi connectivity index (χ4v) is 3.50. The van der Waals surface area contributed by atoms with Crippen LogP contribution >= 0.6 is 11.6 Å². The van der Waals surface area contributed by atoms with Crippen LogP contribution in [0.4, 0.5) is 14.9 Å². The van der Waals surface area contributed by atoms with Gasteiger partial charge in [-0.1, -0.05) is 54.1 Å². The minimum atomic E-state index is -1.17. The van der Waals surface area contributed by atoms with Gasteiger partial charge in [0.1, 0.15) is 18.5 Å². The lowest BCUT2D eigenvalue weighted by Gasteiger charge is -2.15. The summed E-state index contributed by atoms with van der Waals surface area (Å²) in [5.41, 5.74) is 2.68. The summed E-state index contributed by atoms with van der Waals surface area (Å²) in [6.45, 7) is -0.0769. The first-order valence-corrected chi connectivity index (χ1v) is 11.2. The van der Waals surface area contributed by atoms with E-state index in [2.05, 4.69) is 10.6 Å². The number of alkyl carbamates (subject to hydrolysis) is 1. The number of rotatable bonds is 10. The maximum Gasteiger partial charge on any atom is 0.408 e. The van der Waals surface area contributed by atoms with Crippen molar-refractivity contribution in [3.63, 3.8) is 0 Å². The first-order valence-electron chi connectivity index (χ1n) is 10.8. The van der Waals surface area contributed by atoms with Gasteiger partial charge in [0, 0.05) is 10.7 Å². The summed E-state index contributed by atoms with van der Waals surface area (Å²) < 4.78 is 18.1. The van der Waals surface area contributed by atoms with Gasteiger partial charge in [-0.05, 0) is 59.9 Å². The van der Waals surface area contributed by atoms with Gasteiger partial charge in [-0.25, -0.2) is 14.0 Å². The van der Waals surface area contributed by atoms with Gasteiger partial charge in [-0.2, -0.15) is 0 Å². The molecule has 0 spiro atoms. The van der Waals surface area contributed by atoms with Crippen LogP contribution < -0.4 is 10.6 Å². The number of carboxylic acids is 1. The van der Waals surface area contributed by atoms with E-state index in [0.717, 1.165) is 5.56 Å². The third-order valence-electron chi connectivity index (χ3n) is 5.14. The van der Waals surface area contributed by atoms with E-state index in [1.165, 1.54) is 12.1 Å². The Kier molecular flexibility index (Phi) is 9.20. The van der Waals surface area contributed by atoms with Gasteiger partial charge in [0.25, 0.3) is 0 Å². The quantitative estimate of drug-likeness (QED) is 0.366. The Bertz CT molecular complexity index is 1170. The number of aryl methyl sites for hydroxylation is 1. The predicted octanol–water partition coefficient (Wildman–Crippen LogP) is 4.97. The SMILES string of the molecule is O=C(Cc1ccc(F)cc1)Nc1ccc(COC(=O)N[C@@H](CCc2ccccc2Cl)C(=O)O)cc1. The number of halogens is 2. The molecule has 0 unspecified atom stereocenters. The molecule has 2 amide bonds. The zero-order valence-electron chi connectivity index (χ0n) is 18.7. The van der Waals surface area contributed by atoms with E-state index in [1.807, 2.05) is 0 Å². The van der Waals surface area contributed by atoms with E-state index < -0.39 is 18.1 Å². The number of hydrogen-bond donors (Lipinski definition) is 3. The number of carbonyl (C=O) groups is 3. The predicted molar refractivity (Wildman–Crippen MR) is 130 cm³/mol. The van der Waals surface area contributed by atoms with Crippen LogP contribution in [-0.2, 0) is 33.8 Å². The Balaban J connectivity index is 1.44. The summed E-state index contributed by atoms with van der Waals surface area (Å²) in [4.78, 5) is 35.8. The second-order valence-electron chi connectivity index (χ2n) is 7.79. The van der Waals surface area contributed by atoms with Crippen LogP contribution in [0.1, 0.15) is 23.1 Å². The summed E-state index contributed by atoms with van der Waals surface area (Å²) in [5.74, 6) is -1.79. The molecule has 0 fully saturated rings. The first-order chi connectivity index (χ1) is 16.8. The molecule has 0 heterocycles. The number of amides is 2. The van der Waals surface area contributed by atoms with Crippen molar-refractivity contribution >= 4 is 35.3 Å². The highest BCUT2D eigenvalue weighted by atomic mass is 35.5. The molecule has 0 radical (unpaired) electrons. The highest BCUT2D eigenvalue weighted by molar-refractivity contribution is 6.31. The molecule has 3 N–H and O–H groups in total. The van der Waals surface area contributed by atoms with E-state index in [4.69, 9.17) is 16.3 Å². The van der Waals surface area contributed by atoms with Crippen LogP contribution in [0.15, 0.2) is 72.8 Å². The second kappa shape index (κ2) is 12.5.